The lowest BCUT2D eigenvalue weighted by atomic mass is 10.1. The van der Waals surface area contributed by atoms with Gasteiger partial charge in [0.1, 0.15) is 0 Å². The second-order valence-corrected chi connectivity index (χ2v) is 28.4. The lowest BCUT2D eigenvalue weighted by molar-refractivity contribution is 0.605. The summed E-state index contributed by atoms with van der Waals surface area (Å²) in [6.45, 7) is 2.29. The van der Waals surface area contributed by atoms with E-state index in [0.717, 1.165) is 11.5 Å². The first-order valence-corrected chi connectivity index (χ1v) is 34.5. The van der Waals surface area contributed by atoms with Gasteiger partial charge in [-0.3, -0.25) is 0 Å². The van der Waals surface area contributed by atoms with Gasteiger partial charge in [-0.05, 0) is 132 Å². The summed E-state index contributed by atoms with van der Waals surface area (Å²) >= 11 is 15.2. The van der Waals surface area contributed by atoms with Crippen LogP contribution in [0.15, 0.2) is 0 Å². The average Bonchev–Trinajstić information content (AvgIpc) is 3.11. The van der Waals surface area contributed by atoms with Crippen LogP contribution in [0.25, 0.3) is 0 Å². The van der Waals surface area contributed by atoms with Crippen molar-refractivity contribution in [2.45, 2.75) is 129 Å². The smallest absolute Gasteiger partial charge is 0.0600 e. The third-order valence-electron chi connectivity index (χ3n) is 7.21. The van der Waals surface area contributed by atoms with Gasteiger partial charge >= 0.3 is 0 Å². The van der Waals surface area contributed by atoms with Crippen molar-refractivity contribution in [2.24, 2.45) is 0 Å². The van der Waals surface area contributed by atoms with Crippen LogP contribution in [0.3, 0.4) is 0 Å². The van der Waals surface area contributed by atoms with Crippen LogP contribution in [0.5, 0.6) is 0 Å². The Bertz CT molecular complexity index is 517. The zero-order chi connectivity index (χ0) is 35.2. The summed E-state index contributed by atoms with van der Waals surface area (Å²) in [5, 5.41) is 1.24. The molecule has 0 bridgehead atoms. The molecule has 0 aliphatic rings. The lowest BCUT2D eigenvalue weighted by Gasteiger charge is -2.05. The molecular formula is C36H74S13. The molecule has 0 atom stereocenters. The van der Waals surface area contributed by atoms with Crippen LogP contribution in [0, 0.1) is 0 Å². The minimum Gasteiger partial charge on any atom is -0.178 e. The van der Waals surface area contributed by atoms with Crippen molar-refractivity contribution in [1.82, 2.24) is 0 Å². The Hall–Kier alpha value is 4.55. The molecule has 0 fully saturated rings. The molecule has 0 heterocycles. The molecule has 296 valence electrons. The molecule has 0 aromatic rings. The molecule has 0 N–H and O–H groups in total. The predicted octanol–water partition coefficient (Wildman–Crippen LogP) is 16.8. The molecule has 0 spiro atoms. The number of hydrogen-bond acceptors (Lipinski definition) is 13. The van der Waals surface area contributed by atoms with Crippen molar-refractivity contribution >= 4 is 146 Å². The van der Waals surface area contributed by atoms with Crippen LogP contribution in [0.1, 0.15) is 129 Å². The van der Waals surface area contributed by atoms with E-state index in [1.807, 2.05) is 31.4 Å². The van der Waals surface area contributed by atoms with Crippen LogP contribution in [-0.4, -0.2) is 91.4 Å². The molecular weight excluding hydrogens is 849 g/mol. The Balaban J connectivity index is 3.04. The van der Waals surface area contributed by atoms with Gasteiger partial charge in [0.05, 0.1) is 5.08 Å². The lowest BCUT2D eigenvalue weighted by Crippen LogP contribution is -1.90. The molecule has 0 amide bonds. The van der Waals surface area contributed by atoms with Crippen molar-refractivity contribution < 1.29 is 0 Å². The van der Waals surface area contributed by atoms with Gasteiger partial charge in [-0.25, -0.2) is 0 Å². The highest BCUT2D eigenvalue weighted by atomic mass is 33.5. The Labute approximate surface area is 362 Å². The molecule has 0 aromatic heterocycles. The minimum atomic E-state index is 0.990. The predicted molar refractivity (Wildman–Crippen MR) is 271 cm³/mol. The average molecular weight is 924 g/mol. The summed E-state index contributed by atoms with van der Waals surface area (Å²) in [4.78, 5) is 0. The summed E-state index contributed by atoms with van der Waals surface area (Å²) in [7, 11) is 14.2. The van der Waals surface area contributed by atoms with Gasteiger partial charge in [-0.15, -0.1) is 0 Å². The van der Waals surface area contributed by atoms with E-state index in [2.05, 4.69) is 122 Å². The molecule has 49 heavy (non-hydrogen) atoms. The zero-order valence-corrected chi connectivity index (χ0v) is 41.8. The van der Waals surface area contributed by atoms with Crippen molar-refractivity contribution in [1.29, 1.82) is 0 Å². The van der Waals surface area contributed by atoms with Crippen LogP contribution in [-0.2, 0) is 0 Å². The van der Waals surface area contributed by atoms with Gasteiger partial charge in [0.25, 0.3) is 0 Å². The maximum atomic E-state index is 4.25. The van der Waals surface area contributed by atoms with E-state index in [9.17, 15) is 0 Å². The Morgan fingerprint density at radius 3 is 1.04 bits per heavy atom. The van der Waals surface area contributed by atoms with E-state index in [4.69, 9.17) is 0 Å². The van der Waals surface area contributed by atoms with E-state index >= 15 is 0 Å². The maximum absolute atomic E-state index is 4.25. The summed E-state index contributed by atoms with van der Waals surface area (Å²) in [6, 6.07) is 0. The van der Waals surface area contributed by atoms with Crippen molar-refractivity contribution in [3.63, 3.8) is 0 Å². The molecule has 0 radical (unpaired) electrons. The quantitative estimate of drug-likeness (QED) is 0.0268. The summed E-state index contributed by atoms with van der Waals surface area (Å²) in [5.74, 6) is 19.8. The SMILES string of the molecule is CCCCCSCCCSCCCCCCSCCCCSCCCSSCSSCCCCCCCCCSCCCSSSCCS. The largest absolute Gasteiger partial charge is 0.178 e. The summed E-state index contributed by atoms with van der Waals surface area (Å²) in [6.07, 6.45) is 26.9. The van der Waals surface area contributed by atoms with E-state index in [-0.39, 0.29) is 0 Å². The molecule has 0 rings (SSSR count). The number of thioether (sulfide) groups is 5. The molecule has 0 saturated carbocycles. The van der Waals surface area contributed by atoms with Crippen molar-refractivity contribution in [3.05, 3.63) is 0 Å². The first-order valence-electron chi connectivity index (χ1n) is 19.3. The van der Waals surface area contributed by atoms with Crippen LogP contribution in [0.4, 0.5) is 0 Å². The highest BCUT2D eigenvalue weighted by molar-refractivity contribution is 9.09. The molecule has 13 heteroatoms. The number of thiol groups is 1. The normalized spacial score (nSPS) is 11.6. The maximum Gasteiger partial charge on any atom is 0.0600 e. The fraction of sp³-hybridized carbons (Fsp3) is 1.00. The first-order chi connectivity index (χ1) is 24.4. The fourth-order valence-corrected chi connectivity index (χ4v) is 19.7. The van der Waals surface area contributed by atoms with E-state index in [1.165, 1.54) is 202 Å². The Morgan fingerprint density at radius 1 is 0.286 bits per heavy atom. The second kappa shape index (κ2) is 52.6. The third kappa shape index (κ3) is 52.5. The number of rotatable bonds is 46. The summed E-state index contributed by atoms with van der Waals surface area (Å²) < 4.78 is 0. The third-order valence-corrected chi connectivity index (χ3v) is 23.6. The molecule has 0 saturated heterocycles. The van der Waals surface area contributed by atoms with Gasteiger partial charge in [0, 0.05) is 28.8 Å². The monoisotopic (exact) mass is 922 g/mol. The van der Waals surface area contributed by atoms with Gasteiger partial charge in [0.15, 0.2) is 0 Å². The van der Waals surface area contributed by atoms with E-state index in [1.54, 1.807) is 0 Å². The van der Waals surface area contributed by atoms with Gasteiger partial charge in [-0.1, -0.05) is 129 Å². The van der Waals surface area contributed by atoms with Crippen LogP contribution >= 0.6 is 146 Å². The highest BCUT2D eigenvalue weighted by Gasteiger charge is 1.99. The van der Waals surface area contributed by atoms with Gasteiger partial charge in [-0.2, -0.15) is 71.4 Å². The highest BCUT2D eigenvalue weighted by Crippen LogP contribution is 2.35. The Kier molecular flexibility index (Phi) is 57.4. The van der Waals surface area contributed by atoms with Crippen molar-refractivity contribution in [2.75, 3.05) is 91.4 Å². The molecule has 0 nitrogen and oxygen atoms in total. The van der Waals surface area contributed by atoms with Crippen LogP contribution < -0.4 is 0 Å². The second-order valence-electron chi connectivity index (χ2n) is 11.9. The van der Waals surface area contributed by atoms with Gasteiger partial charge < -0.3 is 0 Å². The van der Waals surface area contributed by atoms with E-state index < -0.39 is 0 Å². The molecule has 0 aliphatic carbocycles. The summed E-state index contributed by atoms with van der Waals surface area (Å²) in [5.41, 5.74) is 0. The topological polar surface area (TPSA) is 0 Å². The number of hydrogen-bond donors (Lipinski definition) is 1. The molecule has 0 unspecified atom stereocenters. The molecule has 0 aromatic carbocycles. The minimum absolute atomic E-state index is 0.990. The Morgan fingerprint density at radius 2 is 0.592 bits per heavy atom. The first kappa shape index (κ1) is 53.6. The molecule has 0 aliphatic heterocycles. The number of unbranched alkanes of at least 4 members (excludes halogenated alkanes) is 12. The van der Waals surface area contributed by atoms with Crippen LogP contribution in [0.2, 0.25) is 0 Å². The standard InChI is InChI=1S/C36H74S13/c1-2-3-11-22-39-28-18-29-40-25-14-10-9-13-23-38-26-16-17-27-42-30-19-33-44-48-36-47-43-32-15-8-6-4-5-7-12-24-41-31-20-34-45-49-46-35-21-37/h37H,2-36H2,1H3. The zero-order valence-electron chi connectivity index (χ0n) is 31.1. The van der Waals surface area contributed by atoms with Crippen molar-refractivity contribution in [3.8, 4) is 0 Å². The van der Waals surface area contributed by atoms with Gasteiger partial charge in [0.2, 0.25) is 0 Å². The fourth-order valence-electron chi connectivity index (χ4n) is 4.43. The van der Waals surface area contributed by atoms with E-state index in [0.29, 0.717) is 0 Å².